The van der Waals surface area contributed by atoms with E-state index in [1.54, 1.807) is 19.2 Å². The van der Waals surface area contributed by atoms with E-state index in [9.17, 15) is 0 Å². The number of aromatic nitrogens is 2. The molecule has 0 saturated carbocycles. The third kappa shape index (κ3) is 5.83. The summed E-state index contributed by atoms with van der Waals surface area (Å²) in [5.41, 5.74) is 8.50. The topological polar surface area (TPSA) is 88.7 Å². The zero-order chi connectivity index (χ0) is 18.5. The lowest BCUT2D eigenvalue weighted by molar-refractivity contribution is 0.415. The summed E-state index contributed by atoms with van der Waals surface area (Å²) in [4.78, 5) is 15.7. The molecule has 9 heteroatoms. The Bertz CT molecular complexity index is 810. The highest BCUT2D eigenvalue weighted by Gasteiger charge is 2.15. The van der Waals surface area contributed by atoms with Crippen molar-refractivity contribution in [1.29, 1.82) is 0 Å². The molecule has 0 unspecified atom stereocenters. The van der Waals surface area contributed by atoms with Crippen LogP contribution in [0.15, 0.2) is 29.3 Å². The number of nitrogens with zero attached hydrogens (tertiary/aromatic N) is 4. The molecule has 1 aromatic heterocycles. The van der Waals surface area contributed by atoms with Gasteiger partial charge in [-0.25, -0.2) is 15.0 Å². The second-order valence-electron chi connectivity index (χ2n) is 6.17. The first-order chi connectivity index (χ1) is 12.5. The Hall–Kier alpha value is -1.81. The van der Waals surface area contributed by atoms with Crippen LogP contribution in [0, 0.1) is 6.92 Å². The Labute approximate surface area is 181 Å². The van der Waals surface area contributed by atoms with Crippen molar-refractivity contribution in [3.05, 3.63) is 40.7 Å². The van der Waals surface area contributed by atoms with E-state index in [2.05, 4.69) is 25.2 Å². The highest BCUT2D eigenvalue weighted by molar-refractivity contribution is 14.0. The summed E-state index contributed by atoms with van der Waals surface area (Å²) in [7, 11) is 1.57. The standard InChI is InChI=1S/C18H23ClN6O.HI/c1-12-9-14(24-18(22-12)25-7-3-4-8-25)11-21-17(20)23-13-5-6-16(26-2)15(19)10-13;/h5-6,9-10H,3-4,7-8,11H2,1-2H3,(H3,20,21,23);1H. The first kappa shape index (κ1) is 21.5. The summed E-state index contributed by atoms with van der Waals surface area (Å²) >= 11 is 6.12. The van der Waals surface area contributed by atoms with Gasteiger partial charge in [-0.1, -0.05) is 11.6 Å². The minimum atomic E-state index is 0. The van der Waals surface area contributed by atoms with Gasteiger partial charge in [-0.15, -0.1) is 24.0 Å². The third-order valence-corrected chi connectivity index (χ3v) is 4.42. The quantitative estimate of drug-likeness (QED) is 0.369. The molecule has 3 rings (SSSR count). The molecule has 0 bridgehead atoms. The van der Waals surface area contributed by atoms with Crippen molar-refractivity contribution in [1.82, 2.24) is 9.97 Å². The van der Waals surface area contributed by atoms with Gasteiger partial charge in [0.05, 0.1) is 24.4 Å². The fourth-order valence-corrected chi connectivity index (χ4v) is 3.11. The van der Waals surface area contributed by atoms with E-state index in [0.29, 0.717) is 23.3 Å². The van der Waals surface area contributed by atoms with Crippen molar-refractivity contribution >= 4 is 53.2 Å². The molecule has 0 spiro atoms. The Morgan fingerprint density at radius 2 is 2.04 bits per heavy atom. The zero-order valence-corrected chi connectivity index (χ0v) is 18.5. The summed E-state index contributed by atoms with van der Waals surface area (Å²) in [6.45, 7) is 4.37. The van der Waals surface area contributed by atoms with E-state index in [1.165, 1.54) is 12.8 Å². The van der Waals surface area contributed by atoms with Gasteiger partial charge in [0, 0.05) is 24.5 Å². The SMILES string of the molecule is COc1ccc(NC(N)=NCc2cc(C)nc(N3CCCC3)n2)cc1Cl.I. The van der Waals surface area contributed by atoms with E-state index in [4.69, 9.17) is 22.1 Å². The molecule has 1 aliphatic heterocycles. The largest absolute Gasteiger partial charge is 0.495 e. The molecule has 1 aliphatic rings. The molecule has 1 saturated heterocycles. The molecular formula is C18H24ClIN6O. The normalized spacial score (nSPS) is 14.0. The molecule has 2 heterocycles. The lowest BCUT2D eigenvalue weighted by Crippen LogP contribution is -2.23. The number of aliphatic imine (C=N–C) groups is 1. The second-order valence-corrected chi connectivity index (χ2v) is 6.58. The summed E-state index contributed by atoms with van der Waals surface area (Å²) < 4.78 is 5.14. The first-order valence-corrected chi connectivity index (χ1v) is 8.93. The van der Waals surface area contributed by atoms with Crippen LogP contribution in [0.1, 0.15) is 24.2 Å². The number of rotatable bonds is 5. The molecule has 0 radical (unpaired) electrons. The number of anilines is 2. The predicted molar refractivity (Wildman–Crippen MR) is 121 cm³/mol. The van der Waals surface area contributed by atoms with Gasteiger partial charge in [-0.2, -0.15) is 0 Å². The van der Waals surface area contributed by atoms with Gasteiger partial charge in [0.2, 0.25) is 5.95 Å². The smallest absolute Gasteiger partial charge is 0.225 e. The fourth-order valence-electron chi connectivity index (χ4n) is 2.85. The number of halogens is 2. The van der Waals surface area contributed by atoms with Crippen LogP contribution in [0.25, 0.3) is 0 Å². The third-order valence-electron chi connectivity index (χ3n) is 4.12. The number of guanidine groups is 1. The monoisotopic (exact) mass is 502 g/mol. The van der Waals surface area contributed by atoms with Crippen molar-refractivity contribution in [2.45, 2.75) is 26.3 Å². The van der Waals surface area contributed by atoms with Crippen LogP contribution in [-0.2, 0) is 6.54 Å². The van der Waals surface area contributed by atoms with E-state index in [1.807, 2.05) is 19.1 Å². The minimum absolute atomic E-state index is 0. The number of hydrogen-bond donors (Lipinski definition) is 2. The number of methoxy groups -OCH3 is 1. The first-order valence-electron chi connectivity index (χ1n) is 8.55. The van der Waals surface area contributed by atoms with Gasteiger partial charge in [-0.3, -0.25) is 0 Å². The number of benzene rings is 1. The fraction of sp³-hybridized carbons (Fsp3) is 0.389. The van der Waals surface area contributed by atoms with Crippen LogP contribution in [0.2, 0.25) is 5.02 Å². The Morgan fingerprint density at radius 1 is 1.30 bits per heavy atom. The van der Waals surface area contributed by atoms with Gasteiger partial charge in [0.15, 0.2) is 5.96 Å². The number of aryl methyl sites for hydroxylation is 1. The average molecular weight is 503 g/mol. The summed E-state index contributed by atoms with van der Waals surface area (Å²) in [5, 5.41) is 3.53. The molecule has 3 N–H and O–H groups in total. The summed E-state index contributed by atoms with van der Waals surface area (Å²) in [6.07, 6.45) is 2.37. The highest BCUT2D eigenvalue weighted by Crippen LogP contribution is 2.27. The molecule has 7 nitrogen and oxygen atoms in total. The Balaban J connectivity index is 0.00000261. The van der Waals surface area contributed by atoms with Crippen molar-refractivity contribution in [2.75, 3.05) is 30.4 Å². The van der Waals surface area contributed by atoms with Crippen LogP contribution in [-0.4, -0.2) is 36.1 Å². The average Bonchev–Trinajstić information content (AvgIpc) is 3.14. The van der Waals surface area contributed by atoms with Crippen molar-refractivity contribution in [3.8, 4) is 5.75 Å². The van der Waals surface area contributed by atoms with Crippen LogP contribution >= 0.6 is 35.6 Å². The van der Waals surface area contributed by atoms with Gasteiger partial charge in [0.25, 0.3) is 0 Å². The Kier molecular flexibility index (Phi) is 7.91. The maximum absolute atomic E-state index is 6.12. The van der Waals surface area contributed by atoms with E-state index < -0.39 is 0 Å². The van der Waals surface area contributed by atoms with Crippen LogP contribution in [0.5, 0.6) is 5.75 Å². The van der Waals surface area contributed by atoms with Crippen LogP contribution < -0.4 is 20.7 Å². The second kappa shape index (κ2) is 9.93. The summed E-state index contributed by atoms with van der Waals surface area (Å²) in [5.74, 6) is 1.69. The van der Waals surface area contributed by atoms with E-state index in [0.717, 1.165) is 36.1 Å². The van der Waals surface area contributed by atoms with E-state index in [-0.39, 0.29) is 24.0 Å². The molecule has 0 atom stereocenters. The van der Waals surface area contributed by atoms with Crippen molar-refractivity contribution in [3.63, 3.8) is 0 Å². The molecule has 27 heavy (non-hydrogen) atoms. The molecule has 1 fully saturated rings. The molecule has 0 amide bonds. The molecule has 0 aliphatic carbocycles. The number of ether oxygens (including phenoxy) is 1. The zero-order valence-electron chi connectivity index (χ0n) is 15.4. The molecule has 146 valence electrons. The number of nitrogens with one attached hydrogen (secondary N) is 1. The van der Waals surface area contributed by atoms with Gasteiger partial charge in [-0.05, 0) is 44.0 Å². The van der Waals surface area contributed by atoms with Gasteiger partial charge >= 0.3 is 0 Å². The number of nitrogens with two attached hydrogens (primary N) is 1. The Morgan fingerprint density at radius 3 is 2.70 bits per heavy atom. The van der Waals surface area contributed by atoms with Gasteiger partial charge < -0.3 is 20.7 Å². The highest BCUT2D eigenvalue weighted by atomic mass is 127. The lowest BCUT2D eigenvalue weighted by Gasteiger charge is -2.16. The van der Waals surface area contributed by atoms with Crippen molar-refractivity contribution < 1.29 is 4.74 Å². The lowest BCUT2D eigenvalue weighted by atomic mass is 10.3. The van der Waals surface area contributed by atoms with Crippen molar-refractivity contribution in [2.24, 2.45) is 10.7 Å². The van der Waals surface area contributed by atoms with Gasteiger partial charge in [0.1, 0.15) is 5.75 Å². The minimum Gasteiger partial charge on any atom is -0.495 e. The number of hydrogen-bond acceptors (Lipinski definition) is 5. The molecular weight excluding hydrogens is 479 g/mol. The van der Waals surface area contributed by atoms with Crippen LogP contribution in [0.3, 0.4) is 0 Å². The molecule has 2 aromatic rings. The maximum Gasteiger partial charge on any atom is 0.225 e. The van der Waals surface area contributed by atoms with E-state index >= 15 is 0 Å². The molecule has 1 aromatic carbocycles. The predicted octanol–water partition coefficient (Wildman–Crippen LogP) is 3.59. The van der Waals surface area contributed by atoms with Crippen LogP contribution in [0.4, 0.5) is 11.6 Å². The maximum atomic E-state index is 6.12. The summed E-state index contributed by atoms with van der Waals surface area (Å²) in [6, 6.07) is 7.27.